The second-order valence-corrected chi connectivity index (χ2v) is 5.80. The summed E-state index contributed by atoms with van der Waals surface area (Å²) in [6.45, 7) is 0.320. The van der Waals surface area contributed by atoms with E-state index in [1.807, 2.05) is 0 Å². The van der Waals surface area contributed by atoms with E-state index in [2.05, 4.69) is 20.6 Å². The third kappa shape index (κ3) is 4.13. The predicted molar refractivity (Wildman–Crippen MR) is 95.5 cm³/mol. The van der Waals surface area contributed by atoms with E-state index in [1.54, 1.807) is 48.7 Å². The molecular weight excluding hydrogens is 350 g/mol. The van der Waals surface area contributed by atoms with E-state index in [1.165, 1.54) is 6.07 Å². The molecule has 1 heterocycles. The minimum absolute atomic E-state index is 0.261. The Bertz CT molecular complexity index is 857. The van der Waals surface area contributed by atoms with Crippen LogP contribution in [-0.4, -0.2) is 9.97 Å². The Balaban J connectivity index is 1.72. The highest BCUT2D eigenvalue weighted by atomic mass is 35.5. The first-order chi connectivity index (χ1) is 11.6. The van der Waals surface area contributed by atoms with Crippen molar-refractivity contribution >= 4 is 40.7 Å². The monoisotopic (exact) mass is 362 g/mol. The molecule has 0 aliphatic rings. The predicted octanol–water partition coefficient (Wildman–Crippen LogP) is 5.28. The molecule has 4 nitrogen and oxygen atoms in total. The number of benzene rings is 2. The van der Waals surface area contributed by atoms with Crippen LogP contribution in [0.25, 0.3) is 0 Å². The van der Waals surface area contributed by atoms with E-state index in [0.717, 1.165) is 0 Å². The molecule has 0 aliphatic carbocycles. The van der Waals surface area contributed by atoms with Crippen LogP contribution in [0.1, 0.15) is 5.56 Å². The van der Waals surface area contributed by atoms with Gasteiger partial charge in [0.15, 0.2) is 0 Å². The molecule has 3 aromatic rings. The van der Waals surface area contributed by atoms with E-state index in [4.69, 9.17) is 23.2 Å². The second-order valence-electron chi connectivity index (χ2n) is 4.96. The van der Waals surface area contributed by atoms with Gasteiger partial charge in [0.1, 0.15) is 11.6 Å². The fraction of sp³-hybridized carbons (Fsp3) is 0.0588. The van der Waals surface area contributed by atoms with Gasteiger partial charge in [0.05, 0.1) is 10.7 Å². The maximum Gasteiger partial charge on any atom is 0.229 e. The van der Waals surface area contributed by atoms with Crippen molar-refractivity contribution < 1.29 is 4.39 Å². The first kappa shape index (κ1) is 16.5. The molecule has 0 fully saturated rings. The van der Waals surface area contributed by atoms with Gasteiger partial charge >= 0.3 is 0 Å². The highest BCUT2D eigenvalue weighted by Gasteiger charge is 2.06. The highest BCUT2D eigenvalue weighted by molar-refractivity contribution is 6.35. The second kappa shape index (κ2) is 7.47. The molecule has 122 valence electrons. The Morgan fingerprint density at radius 3 is 2.71 bits per heavy atom. The van der Waals surface area contributed by atoms with Gasteiger partial charge in [-0.3, -0.25) is 0 Å². The average molecular weight is 363 g/mol. The molecule has 7 heteroatoms. The summed E-state index contributed by atoms with van der Waals surface area (Å²) in [5.41, 5.74) is 1.17. The van der Waals surface area contributed by atoms with E-state index in [-0.39, 0.29) is 5.82 Å². The van der Waals surface area contributed by atoms with Crippen LogP contribution >= 0.6 is 23.2 Å². The number of aromatic nitrogens is 2. The summed E-state index contributed by atoms with van der Waals surface area (Å²) in [6, 6.07) is 13.3. The summed E-state index contributed by atoms with van der Waals surface area (Å²) in [5, 5.41) is 7.13. The van der Waals surface area contributed by atoms with E-state index in [9.17, 15) is 4.39 Å². The Labute approximate surface area is 148 Å². The van der Waals surface area contributed by atoms with Crippen LogP contribution in [0.5, 0.6) is 0 Å². The van der Waals surface area contributed by atoms with Crippen molar-refractivity contribution in [1.29, 1.82) is 0 Å². The molecule has 1 aromatic heterocycles. The van der Waals surface area contributed by atoms with Crippen molar-refractivity contribution in [2.24, 2.45) is 0 Å². The largest absolute Gasteiger partial charge is 0.366 e. The van der Waals surface area contributed by atoms with Crippen LogP contribution in [0.2, 0.25) is 10.0 Å². The van der Waals surface area contributed by atoms with Crippen molar-refractivity contribution in [3.05, 3.63) is 76.2 Å². The van der Waals surface area contributed by atoms with Crippen LogP contribution in [0.3, 0.4) is 0 Å². The van der Waals surface area contributed by atoms with Crippen LogP contribution in [0.4, 0.5) is 21.8 Å². The molecule has 0 radical (unpaired) electrons. The topological polar surface area (TPSA) is 49.8 Å². The molecule has 3 rings (SSSR count). The number of anilines is 3. The van der Waals surface area contributed by atoms with Crippen LogP contribution in [0.15, 0.2) is 54.7 Å². The van der Waals surface area contributed by atoms with E-state index < -0.39 is 0 Å². The molecule has 0 bridgehead atoms. The lowest BCUT2D eigenvalue weighted by molar-refractivity contribution is 0.613. The molecule has 0 aliphatic heterocycles. The first-order valence-electron chi connectivity index (χ1n) is 7.14. The van der Waals surface area contributed by atoms with Gasteiger partial charge in [0.25, 0.3) is 0 Å². The smallest absolute Gasteiger partial charge is 0.229 e. The fourth-order valence-corrected chi connectivity index (χ4v) is 2.40. The number of hydrogen-bond donors (Lipinski definition) is 2. The van der Waals surface area contributed by atoms with Gasteiger partial charge in [-0.2, -0.15) is 4.98 Å². The molecule has 0 unspecified atom stereocenters. The SMILES string of the molecule is Fc1ccccc1CNc1ccnc(Nc2cc(Cl)ccc2Cl)n1. The molecule has 0 amide bonds. The molecule has 2 N–H and O–H groups in total. The summed E-state index contributed by atoms with van der Waals surface area (Å²) in [7, 11) is 0. The van der Waals surface area contributed by atoms with Gasteiger partial charge in [-0.25, -0.2) is 9.37 Å². The lowest BCUT2D eigenvalue weighted by Gasteiger charge is -2.10. The van der Waals surface area contributed by atoms with Crippen LogP contribution in [0, 0.1) is 5.82 Å². The summed E-state index contributed by atoms with van der Waals surface area (Å²) in [5.74, 6) is 0.662. The van der Waals surface area contributed by atoms with Gasteiger partial charge < -0.3 is 10.6 Å². The molecular formula is C17H13Cl2FN4. The Morgan fingerprint density at radius 2 is 1.88 bits per heavy atom. The normalized spacial score (nSPS) is 10.5. The molecule has 0 saturated heterocycles. The number of nitrogens with zero attached hydrogens (tertiary/aromatic N) is 2. The quantitative estimate of drug-likeness (QED) is 0.648. The van der Waals surface area contributed by atoms with Gasteiger partial charge in [0, 0.05) is 23.3 Å². The zero-order valence-electron chi connectivity index (χ0n) is 12.4. The Kier molecular flexibility index (Phi) is 5.13. The van der Waals surface area contributed by atoms with Crippen LogP contribution in [-0.2, 0) is 6.54 Å². The Morgan fingerprint density at radius 1 is 1.04 bits per heavy atom. The summed E-state index contributed by atoms with van der Waals surface area (Å²) in [4.78, 5) is 8.47. The van der Waals surface area contributed by atoms with Crippen LogP contribution < -0.4 is 10.6 Å². The minimum atomic E-state index is -0.261. The van der Waals surface area contributed by atoms with Gasteiger partial charge in [0.2, 0.25) is 5.95 Å². The molecule has 2 aromatic carbocycles. The van der Waals surface area contributed by atoms with Crippen molar-refractivity contribution in [3.8, 4) is 0 Å². The lowest BCUT2D eigenvalue weighted by Crippen LogP contribution is -2.05. The van der Waals surface area contributed by atoms with Gasteiger partial charge in [-0.15, -0.1) is 0 Å². The fourth-order valence-electron chi connectivity index (χ4n) is 2.06. The standard InChI is InChI=1S/C17H13Cl2FN4/c18-12-5-6-13(19)15(9-12)23-17-21-8-7-16(24-17)22-10-11-3-1-2-4-14(11)20/h1-9H,10H2,(H2,21,22,23,24). The van der Waals surface area contributed by atoms with Gasteiger partial charge in [-0.05, 0) is 30.3 Å². The average Bonchev–Trinajstić information content (AvgIpc) is 2.58. The molecule has 0 atom stereocenters. The zero-order valence-corrected chi connectivity index (χ0v) is 13.9. The molecule has 24 heavy (non-hydrogen) atoms. The summed E-state index contributed by atoms with van der Waals surface area (Å²) < 4.78 is 13.6. The number of rotatable bonds is 5. The van der Waals surface area contributed by atoms with Crippen molar-refractivity contribution in [3.63, 3.8) is 0 Å². The third-order valence-corrected chi connectivity index (χ3v) is 3.81. The third-order valence-electron chi connectivity index (χ3n) is 3.25. The van der Waals surface area contributed by atoms with Crippen molar-refractivity contribution in [2.45, 2.75) is 6.54 Å². The number of hydrogen-bond acceptors (Lipinski definition) is 4. The first-order valence-corrected chi connectivity index (χ1v) is 7.90. The maximum absolute atomic E-state index is 13.6. The van der Waals surface area contributed by atoms with E-state index in [0.29, 0.717) is 39.6 Å². The summed E-state index contributed by atoms with van der Waals surface area (Å²) in [6.07, 6.45) is 1.59. The van der Waals surface area contributed by atoms with Crippen molar-refractivity contribution in [1.82, 2.24) is 9.97 Å². The molecule has 0 spiro atoms. The van der Waals surface area contributed by atoms with Crippen molar-refractivity contribution in [2.75, 3.05) is 10.6 Å². The maximum atomic E-state index is 13.6. The number of nitrogens with one attached hydrogen (secondary N) is 2. The Hall–Kier alpha value is -2.37. The minimum Gasteiger partial charge on any atom is -0.366 e. The lowest BCUT2D eigenvalue weighted by atomic mass is 10.2. The molecule has 0 saturated carbocycles. The summed E-state index contributed by atoms with van der Waals surface area (Å²) >= 11 is 12.1. The zero-order chi connectivity index (χ0) is 16.9. The van der Waals surface area contributed by atoms with Gasteiger partial charge in [-0.1, -0.05) is 41.4 Å². The highest BCUT2D eigenvalue weighted by Crippen LogP contribution is 2.27. The van der Waals surface area contributed by atoms with E-state index >= 15 is 0 Å². The number of halogens is 3.